The lowest BCUT2D eigenvalue weighted by Gasteiger charge is -2.37. The van der Waals surface area contributed by atoms with Crippen LogP contribution in [0.25, 0.3) is 5.57 Å². The minimum Gasteiger partial charge on any atom is -0.497 e. The van der Waals surface area contributed by atoms with E-state index < -0.39 is 0 Å². The van der Waals surface area contributed by atoms with Crippen molar-refractivity contribution in [3.05, 3.63) is 70.4 Å². The monoisotopic (exact) mass is 456 g/mol. The Balaban J connectivity index is 1.41. The maximum absolute atomic E-state index is 13.0. The number of fused-ring (bicyclic) bond motifs is 1. The number of carbonyl (C=O) groups excluding carboxylic acids is 2. The number of ketones is 1. The fourth-order valence-electron chi connectivity index (χ4n) is 3.85. The van der Waals surface area contributed by atoms with Crippen molar-refractivity contribution in [3.63, 3.8) is 0 Å². The van der Waals surface area contributed by atoms with Crippen molar-refractivity contribution in [2.75, 3.05) is 7.11 Å². The molecule has 1 aliphatic heterocycles. The predicted octanol–water partition coefficient (Wildman–Crippen LogP) is 4.79. The number of benzene rings is 2. The first-order valence-corrected chi connectivity index (χ1v) is 10.4. The van der Waals surface area contributed by atoms with Crippen LogP contribution in [0.15, 0.2) is 59.3 Å². The van der Waals surface area contributed by atoms with E-state index in [-0.39, 0.29) is 29.9 Å². The molecule has 0 radical (unpaired) electrons. The highest BCUT2D eigenvalue weighted by atomic mass is 79.9. The second-order valence-corrected chi connectivity index (χ2v) is 8.17. The van der Waals surface area contributed by atoms with Crippen LogP contribution in [-0.2, 0) is 14.3 Å². The summed E-state index contributed by atoms with van der Waals surface area (Å²) in [4.78, 5) is 25.4. The molecule has 1 saturated carbocycles. The minimum atomic E-state index is -0.371. The van der Waals surface area contributed by atoms with E-state index in [0.29, 0.717) is 36.1 Å². The Kier molecular flexibility index (Phi) is 5.72. The standard InChI is InChI=1S/C23H21BrO5/c1-27-17-8-4-15(5-9-17)23(26)29-18-10-11-19-21(12-18)28-13-20(22(19)25)14-2-6-16(24)7-3-14/h2-9,13,18-19,21H,10-12H2,1H3. The average Bonchev–Trinajstić information content (AvgIpc) is 2.75. The molecule has 1 heterocycles. The molecule has 3 unspecified atom stereocenters. The lowest BCUT2D eigenvalue weighted by molar-refractivity contribution is -0.126. The highest BCUT2D eigenvalue weighted by molar-refractivity contribution is 9.10. The first kappa shape index (κ1) is 19.7. The minimum absolute atomic E-state index is 0.100. The van der Waals surface area contributed by atoms with Gasteiger partial charge in [0.1, 0.15) is 18.0 Å². The van der Waals surface area contributed by atoms with Crippen LogP contribution in [0.2, 0.25) is 0 Å². The smallest absolute Gasteiger partial charge is 0.338 e. The first-order valence-electron chi connectivity index (χ1n) is 9.56. The summed E-state index contributed by atoms with van der Waals surface area (Å²) in [6.45, 7) is 0. The summed E-state index contributed by atoms with van der Waals surface area (Å²) >= 11 is 3.41. The molecule has 0 bridgehead atoms. The van der Waals surface area contributed by atoms with Gasteiger partial charge < -0.3 is 14.2 Å². The zero-order valence-corrected chi connectivity index (χ0v) is 17.6. The molecule has 4 rings (SSSR count). The summed E-state index contributed by atoms with van der Waals surface area (Å²) in [5.74, 6) is 0.215. The van der Waals surface area contributed by atoms with Crippen molar-refractivity contribution in [2.24, 2.45) is 5.92 Å². The van der Waals surface area contributed by atoms with Crippen molar-refractivity contribution in [2.45, 2.75) is 31.5 Å². The summed E-state index contributed by atoms with van der Waals surface area (Å²) in [6.07, 6.45) is 2.83. The van der Waals surface area contributed by atoms with E-state index in [1.165, 1.54) is 0 Å². The van der Waals surface area contributed by atoms with Crippen molar-refractivity contribution >= 4 is 33.3 Å². The lowest BCUT2D eigenvalue weighted by atomic mass is 9.78. The second-order valence-electron chi connectivity index (χ2n) is 7.25. The predicted molar refractivity (Wildman–Crippen MR) is 112 cm³/mol. The van der Waals surface area contributed by atoms with Gasteiger partial charge in [0.05, 0.1) is 30.4 Å². The average molecular weight is 457 g/mol. The molecule has 2 aliphatic rings. The van der Waals surface area contributed by atoms with E-state index in [1.54, 1.807) is 37.6 Å². The Morgan fingerprint density at radius 3 is 2.48 bits per heavy atom. The van der Waals surface area contributed by atoms with E-state index in [4.69, 9.17) is 14.2 Å². The van der Waals surface area contributed by atoms with Gasteiger partial charge in [0, 0.05) is 10.9 Å². The van der Waals surface area contributed by atoms with Gasteiger partial charge in [-0.15, -0.1) is 0 Å². The normalized spacial score (nSPS) is 23.4. The van der Waals surface area contributed by atoms with Gasteiger partial charge in [-0.2, -0.15) is 0 Å². The number of hydrogen-bond donors (Lipinski definition) is 0. The lowest BCUT2D eigenvalue weighted by Crippen LogP contribution is -2.41. The Morgan fingerprint density at radius 1 is 1.07 bits per heavy atom. The Morgan fingerprint density at radius 2 is 1.79 bits per heavy atom. The van der Waals surface area contributed by atoms with Crippen molar-refractivity contribution < 1.29 is 23.8 Å². The molecule has 3 atom stereocenters. The van der Waals surface area contributed by atoms with Crippen LogP contribution >= 0.6 is 15.9 Å². The molecule has 0 amide bonds. The van der Waals surface area contributed by atoms with Gasteiger partial charge in [0.25, 0.3) is 0 Å². The number of Topliss-reactive ketones (excluding diaryl/α,β-unsaturated/α-hetero) is 1. The number of methoxy groups -OCH3 is 1. The number of allylic oxidation sites excluding steroid dienone is 1. The van der Waals surface area contributed by atoms with Crippen LogP contribution in [0, 0.1) is 5.92 Å². The van der Waals surface area contributed by atoms with E-state index in [2.05, 4.69) is 15.9 Å². The van der Waals surface area contributed by atoms with E-state index >= 15 is 0 Å². The Hall–Kier alpha value is -2.60. The van der Waals surface area contributed by atoms with Crippen LogP contribution < -0.4 is 4.74 Å². The fourth-order valence-corrected chi connectivity index (χ4v) is 4.11. The number of ether oxygens (including phenoxy) is 3. The maximum atomic E-state index is 13.0. The molecule has 0 saturated heterocycles. The summed E-state index contributed by atoms with van der Waals surface area (Å²) in [6, 6.07) is 14.4. The summed E-state index contributed by atoms with van der Waals surface area (Å²) in [5, 5.41) is 0. The zero-order chi connectivity index (χ0) is 20.4. The molecule has 0 spiro atoms. The molecule has 2 aromatic rings. The SMILES string of the molecule is COc1ccc(C(=O)OC2CCC3C(=O)C(c4ccc(Br)cc4)=COC3C2)cc1. The first-order chi connectivity index (χ1) is 14.0. The van der Waals surface area contributed by atoms with E-state index in [1.807, 2.05) is 24.3 Å². The third-order valence-electron chi connectivity index (χ3n) is 5.46. The second kappa shape index (κ2) is 8.41. The van der Waals surface area contributed by atoms with Gasteiger partial charge >= 0.3 is 5.97 Å². The molecule has 2 aromatic carbocycles. The molecule has 0 N–H and O–H groups in total. The number of halogens is 1. The zero-order valence-electron chi connectivity index (χ0n) is 16.0. The quantitative estimate of drug-likeness (QED) is 0.618. The van der Waals surface area contributed by atoms with Crippen LogP contribution in [0.5, 0.6) is 5.75 Å². The van der Waals surface area contributed by atoms with Gasteiger partial charge in [-0.05, 0) is 54.8 Å². The number of carbonyl (C=O) groups is 2. The summed E-state index contributed by atoms with van der Waals surface area (Å²) in [7, 11) is 1.58. The fraction of sp³-hybridized carbons (Fsp3) is 0.304. The van der Waals surface area contributed by atoms with Gasteiger partial charge in [-0.3, -0.25) is 4.79 Å². The van der Waals surface area contributed by atoms with Crippen molar-refractivity contribution in [1.29, 1.82) is 0 Å². The van der Waals surface area contributed by atoms with Crippen LogP contribution in [0.3, 0.4) is 0 Å². The van der Waals surface area contributed by atoms with Crippen molar-refractivity contribution in [3.8, 4) is 5.75 Å². The molecule has 29 heavy (non-hydrogen) atoms. The van der Waals surface area contributed by atoms with Crippen molar-refractivity contribution in [1.82, 2.24) is 0 Å². The number of rotatable bonds is 4. The molecule has 6 heteroatoms. The highest BCUT2D eigenvalue weighted by Gasteiger charge is 2.41. The van der Waals surface area contributed by atoms with Crippen LogP contribution in [0.1, 0.15) is 35.2 Å². The Bertz CT molecular complexity index is 933. The van der Waals surface area contributed by atoms with Crippen LogP contribution in [-0.4, -0.2) is 31.1 Å². The molecule has 1 fully saturated rings. The topological polar surface area (TPSA) is 61.8 Å². The molecular weight excluding hydrogens is 436 g/mol. The maximum Gasteiger partial charge on any atom is 0.338 e. The largest absolute Gasteiger partial charge is 0.497 e. The molecule has 1 aliphatic carbocycles. The van der Waals surface area contributed by atoms with Gasteiger partial charge in [0.15, 0.2) is 5.78 Å². The molecular formula is C23H21BrO5. The Labute approximate surface area is 177 Å². The molecule has 5 nitrogen and oxygen atoms in total. The van der Waals surface area contributed by atoms with Crippen LogP contribution in [0.4, 0.5) is 0 Å². The molecule has 150 valence electrons. The van der Waals surface area contributed by atoms with Gasteiger partial charge in [-0.1, -0.05) is 28.1 Å². The van der Waals surface area contributed by atoms with E-state index in [9.17, 15) is 9.59 Å². The molecule has 0 aromatic heterocycles. The summed E-state index contributed by atoms with van der Waals surface area (Å²) in [5.41, 5.74) is 1.93. The van der Waals surface area contributed by atoms with Gasteiger partial charge in [-0.25, -0.2) is 4.79 Å². The highest BCUT2D eigenvalue weighted by Crippen LogP contribution is 2.37. The summed E-state index contributed by atoms with van der Waals surface area (Å²) < 4.78 is 17.6. The van der Waals surface area contributed by atoms with E-state index in [0.717, 1.165) is 10.0 Å². The third kappa shape index (κ3) is 4.22. The third-order valence-corrected chi connectivity index (χ3v) is 5.99. The van der Waals surface area contributed by atoms with Gasteiger partial charge in [0.2, 0.25) is 0 Å². The number of esters is 1. The number of hydrogen-bond acceptors (Lipinski definition) is 5.